The lowest BCUT2D eigenvalue weighted by molar-refractivity contribution is -0.145. The standard InChI is InChI=1S/C30H33NO7/c32-28(33)13-7-18-31-20-27(30(34)35)38-29-25(31)11-6-12-26(29)37-21-23-16-14-22(15-17-23)8-4-5-19-36-24-9-2-1-3-10-24/h1-3,6,9-12,14-17,27H,4-5,7-8,13,18-21H2,(H,32,33)(H,34,35). The number of anilines is 1. The molecule has 38 heavy (non-hydrogen) atoms. The van der Waals surface area contributed by atoms with Crippen molar-refractivity contribution in [2.45, 2.75) is 44.8 Å². The van der Waals surface area contributed by atoms with Crippen LogP contribution < -0.4 is 19.1 Å². The molecule has 0 saturated carbocycles. The molecule has 0 radical (unpaired) electrons. The Morgan fingerprint density at radius 2 is 1.63 bits per heavy atom. The molecule has 2 N–H and O–H groups in total. The summed E-state index contributed by atoms with van der Waals surface area (Å²) in [6.07, 6.45) is 2.33. The molecule has 8 heteroatoms. The second-order valence-electron chi connectivity index (χ2n) is 9.22. The Morgan fingerprint density at radius 3 is 2.37 bits per heavy atom. The highest BCUT2D eigenvalue weighted by atomic mass is 16.5. The van der Waals surface area contributed by atoms with E-state index in [-0.39, 0.29) is 13.0 Å². The number of benzene rings is 3. The van der Waals surface area contributed by atoms with E-state index in [4.69, 9.17) is 19.3 Å². The molecule has 8 nitrogen and oxygen atoms in total. The summed E-state index contributed by atoms with van der Waals surface area (Å²) >= 11 is 0. The molecule has 1 unspecified atom stereocenters. The molecule has 3 aromatic carbocycles. The lowest BCUT2D eigenvalue weighted by Gasteiger charge is -2.35. The molecule has 200 valence electrons. The normalized spacial score (nSPS) is 14.3. The topological polar surface area (TPSA) is 106 Å². The predicted molar refractivity (Wildman–Crippen MR) is 143 cm³/mol. The van der Waals surface area contributed by atoms with Gasteiger partial charge >= 0.3 is 11.9 Å². The number of nitrogens with zero attached hydrogens (tertiary/aromatic N) is 1. The summed E-state index contributed by atoms with van der Waals surface area (Å²) in [6.45, 7) is 1.56. The SMILES string of the molecule is O=C(O)CCCN1CC(C(=O)O)Oc2c(OCc3ccc(CCCCOc4ccccc4)cc3)cccc21. The van der Waals surface area contributed by atoms with Gasteiger partial charge in [0.15, 0.2) is 11.5 Å². The summed E-state index contributed by atoms with van der Waals surface area (Å²) in [5, 5.41) is 18.5. The van der Waals surface area contributed by atoms with Gasteiger partial charge in [0.05, 0.1) is 18.8 Å². The van der Waals surface area contributed by atoms with Crippen LogP contribution in [0.15, 0.2) is 72.8 Å². The average Bonchev–Trinajstić information content (AvgIpc) is 2.92. The lowest BCUT2D eigenvalue weighted by Crippen LogP contribution is -2.45. The minimum absolute atomic E-state index is 0.0120. The zero-order chi connectivity index (χ0) is 26.7. The smallest absolute Gasteiger partial charge is 0.346 e. The van der Waals surface area contributed by atoms with Gasteiger partial charge in [0, 0.05) is 13.0 Å². The van der Waals surface area contributed by atoms with E-state index < -0.39 is 18.0 Å². The van der Waals surface area contributed by atoms with E-state index in [1.807, 2.05) is 59.5 Å². The van der Waals surface area contributed by atoms with Crippen molar-refractivity contribution in [1.29, 1.82) is 0 Å². The lowest BCUT2D eigenvalue weighted by atomic mass is 10.1. The average molecular weight is 520 g/mol. The number of aryl methyl sites for hydroxylation is 1. The maximum atomic E-state index is 11.7. The van der Waals surface area contributed by atoms with E-state index in [0.29, 0.717) is 43.4 Å². The Kier molecular flexibility index (Phi) is 9.45. The molecule has 4 rings (SSSR count). The van der Waals surface area contributed by atoms with Crippen molar-refractivity contribution in [3.05, 3.63) is 83.9 Å². The second-order valence-corrected chi connectivity index (χ2v) is 9.22. The van der Waals surface area contributed by atoms with Gasteiger partial charge in [-0.3, -0.25) is 4.79 Å². The molecule has 0 bridgehead atoms. The van der Waals surface area contributed by atoms with Crippen LogP contribution >= 0.6 is 0 Å². The number of unbranched alkanes of at least 4 members (excludes halogenated alkanes) is 1. The fraction of sp³-hybridized carbons (Fsp3) is 0.333. The Hall–Kier alpha value is -4.20. The molecule has 0 spiro atoms. The Labute approximate surface area is 222 Å². The number of aliphatic carboxylic acids is 2. The molecule has 1 aliphatic heterocycles. The van der Waals surface area contributed by atoms with Crippen LogP contribution in [0.4, 0.5) is 5.69 Å². The maximum absolute atomic E-state index is 11.7. The first-order valence-electron chi connectivity index (χ1n) is 12.9. The van der Waals surface area contributed by atoms with E-state index >= 15 is 0 Å². The molecule has 1 aliphatic rings. The van der Waals surface area contributed by atoms with Gasteiger partial charge in [0.1, 0.15) is 12.4 Å². The van der Waals surface area contributed by atoms with Crippen LogP contribution in [0.5, 0.6) is 17.2 Å². The van der Waals surface area contributed by atoms with Gasteiger partial charge in [-0.25, -0.2) is 4.79 Å². The highest BCUT2D eigenvalue weighted by Gasteiger charge is 2.32. The summed E-state index contributed by atoms with van der Waals surface area (Å²) in [6, 6.07) is 23.5. The Morgan fingerprint density at radius 1 is 0.868 bits per heavy atom. The molecule has 3 aromatic rings. The fourth-order valence-corrected chi connectivity index (χ4v) is 4.33. The third-order valence-corrected chi connectivity index (χ3v) is 6.33. The third kappa shape index (κ3) is 7.65. The van der Waals surface area contributed by atoms with Gasteiger partial charge in [-0.05, 0) is 61.1 Å². The molecule has 0 aromatic heterocycles. The van der Waals surface area contributed by atoms with Crippen molar-refractivity contribution in [2.75, 3.05) is 24.6 Å². The summed E-state index contributed by atoms with van der Waals surface area (Å²) in [5.41, 5.74) is 2.94. The first-order chi connectivity index (χ1) is 18.5. The molecule has 1 heterocycles. The number of para-hydroxylation sites is 2. The summed E-state index contributed by atoms with van der Waals surface area (Å²) in [7, 11) is 0. The van der Waals surface area contributed by atoms with Crippen LogP contribution in [0.3, 0.4) is 0 Å². The monoisotopic (exact) mass is 519 g/mol. The number of hydrogen-bond donors (Lipinski definition) is 2. The number of rotatable bonds is 14. The van der Waals surface area contributed by atoms with Crippen LogP contribution in [-0.2, 0) is 22.6 Å². The molecule has 0 fully saturated rings. The maximum Gasteiger partial charge on any atom is 0.346 e. The van der Waals surface area contributed by atoms with Crippen LogP contribution in [0.2, 0.25) is 0 Å². The highest BCUT2D eigenvalue weighted by molar-refractivity contribution is 5.77. The zero-order valence-corrected chi connectivity index (χ0v) is 21.3. The van der Waals surface area contributed by atoms with Crippen LogP contribution in [0.1, 0.15) is 36.8 Å². The van der Waals surface area contributed by atoms with Crippen molar-refractivity contribution in [3.63, 3.8) is 0 Å². The van der Waals surface area contributed by atoms with Gasteiger partial charge in [0.25, 0.3) is 0 Å². The molecule has 1 atom stereocenters. The van der Waals surface area contributed by atoms with Gasteiger partial charge in [0.2, 0.25) is 6.10 Å². The van der Waals surface area contributed by atoms with E-state index in [1.165, 1.54) is 5.56 Å². The predicted octanol–water partition coefficient (Wildman–Crippen LogP) is 5.18. The Balaban J connectivity index is 1.30. The molecule has 0 amide bonds. The van der Waals surface area contributed by atoms with Gasteiger partial charge < -0.3 is 29.3 Å². The largest absolute Gasteiger partial charge is 0.494 e. The summed E-state index contributed by atoms with van der Waals surface area (Å²) in [5.74, 6) is -0.231. The quantitative estimate of drug-likeness (QED) is 0.281. The minimum atomic E-state index is -1.07. The van der Waals surface area contributed by atoms with E-state index in [2.05, 4.69) is 12.1 Å². The van der Waals surface area contributed by atoms with E-state index in [0.717, 1.165) is 30.6 Å². The number of carboxylic acids is 2. The fourth-order valence-electron chi connectivity index (χ4n) is 4.33. The van der Waals surface area contributed by atoms with E-state index in [1.54, 1.807) is 6.07 Å². The number of carboxylic acid groups (broad SMARTS) is 2. The van der Waals surface area contributed by atoms with Crippen molar-refractivity contribution < 1.29 is 34.0 Å². The van der Waals surface area contributed by atoms with Gasteiger partial charge in [-0.15, -0.1) is 0 Å². The van der Waals surface area contributed by atoms with Crippen molar-refractivity contribution in [2.24, 2.45) is 0 Å². The molecule has 0 aliphatic carbocycles. The summed E-state index contributed by atoms with van der Waals surface area (Å²) < 4.78 is 17.6. The molecular formula is C30H33NO7. The highest BCUT2D eigenvalue weighted by Crippen LogP contribution is 2.41. The zero-order valence-electron chi connectivity index (χ0n) is 21.3. The van der Waals surface area contributed by atoms with Gasteiger partial charge in [-0.1, -0.05) is 48.5 Å². The van der Waals surface area contributed by atoms with Crippen molar-refractivity contribution in [1.82, 2.24) is 0 Å². The van der Waals surface area contributed by atoms with Gasteiger partial charge in [-0.2, -0.15) is 0 Å². The second kappa shape index (κ2) is 13.4. The number of ether oxygens (including phenoxy) is 3. The van der Waals surface area contributed by atoms with Crippen molar-refractivity contribution >= 4 is 17.6 Å². The van der Waals surface area contributed by atoms with Crippen LogP contribution in [-0.4, -0.2) is 48.0 Å². The van der Waals surface area contributed by atoms with Crippen LogP contribution in [0, 0.1) is 0 Å². The number of hydrogen-bond acceptors (Lipinski definition) is 6. The van der Waals surface area contributed by atoms with Crippen molar-refractivity contribution in [3.8, 4) is 17.2 Å². The first-order valence-corrected chi connectivity index (χ1v) is 12.9. The molecular weight excluding hydrogens is 486 g/mol. The van der Waals surface area contributed by atoms with Crippen LogP contribution in [0.25, 0.3) is 0 Å². The molecule has 0 saturated heterocycles. The number of carbonyl (C=O) groups is 2. The third-order valence-electron chi connectivity index (χ3n) is 6.33. The Bertz CT molecular complexity index is 1200. The minimum Gasteiger partial charge on any atom is -0.494 e. The first kappa shape index (κ1) is 26.9. The number of fused-ring (bicyclic) bond motifs is 1. The van der Waals surface area contributed by atoms with E-state index in [9.17, 15) is 14.7 Å². The summed E-state index contributed by atoms with van der Waals surface area (Å²) in [4.78, 5) is 24.5.